The Balaban J connectivity index is 2.19. The van der Waals surface area contributed by atoms with Gasteiger partial charge in [-0.2, -0.15) is 9.94 Å². The van der Waals surface area contributed by atoms with Gasteiger partial charge in [-0.25, -0.2) is 15.0 Å². The third-order valence-corrected chi connectivity index (χ3v) is 9.65. The van der Waals surface area contributed by atoms with Crippen LogP contribution in [0.4, 0.5) is 10.1 Å². The minimum atomic E-state index is -0.445. The molecule has 8 nitrogen and oxygen atoms in total. The van der Waals surface area contributed by atoms with Gasteiger partial charge in [-0.1, -0.05) is 119 Å². The average molecular weight is 636 g/mol. The monoisotopic (exact) mass is 635 g/mol. The van der Waals surface area contributed by atoms with Crippen molar-refractivity contribution in [3.05, 3.63) is 28.5 Å². The molecular formula is C36H57N7OS. The van der Waals surface area contributed by atoms with Gasteiger partial charge in [-0.05, 0) is 37.0 Å². The van der Waals surface area contributed by atoms with Crippen molar-refractivity contribution in [2.45, 2.75) is 139 Å². The van der Waals surface area contributed by atoms with Crippen molar-refractivity contribution in [1.29, 1.82) is 5.26 Å². The summed E-state index contributed by atoms with van der Waals surface area (Å²) in [6.45, 7) is 25.8. The molecule has 2 unspecified atom stereocenters. The third-order valence-electron chi connectivity index (χ3n) is 8.64. The molecule has 2 aromatic rings. The number of thiazole rings is 1. The van der Waals surface area contributed by atoms with E-state index < -0.39 is 5.91 Å². The van der Waals surface area contributed by atoms with Crippen molar-refractivity contribution in [1.82, 2.24) is 19.7 Å². The summed E-state index contributed by atoms with van der Waals surface area (Å²) in [5.41, 5.74) is 1.72. The maximum atomic E-state index is 13.3. The first-order valence-corrected chi connectivity index (χ1v) is 18.0. The molecule has 0 fully saturated rings. The number of carbonyl (C=O) groups excluding carboxylic acids is 1. The van der Waals surface area contributed by atoms with Gasteiger partial charge in [0.15, 0.2) is 16.8 Å². The Labute approximate surface area is 276 Å². The van der Waals surface area contributed by atoms with Crippen molar-refractivity contribution in [2.24, 2.45) is 22.2 Å². The second-order valence-electron chi connectivity index (χ2n) is 15.0. The lowest BCUT2D eigenvalue weighted by Gasteiger charge is -2.30. The number of rotatable bonds is 15. The molecule has 0 aliphatic carbocycles. The third kappa shape index (κ3) is 9.34. The van der Waals surface area contributed by atoms with Crippen LogP contribution >= 0.6 is 11.3 Å². The number of nitrogens with zero attached hydrogens (tertiary/aromatic N) is 7. The average Bonchev–Trinajstić information content (AvgIpc) is 3.58. The van der Waals surface area contributed by atoms with E-state index in [1.807, 2.05) is 0 Å². The zero-order chi connectivity index (χ0) is 33.5. The SMILES string of the molecule is CCCCC(CC)CN(CC(CC)CCCC)c1nc(C(C)(C)C)c(/N=C2/C(C)=C(C#N)C(=O)n3nc(CC(C)(C)C)nc32)s1. The Hall–Kier alpha value is -2.86. The quantitative estimate of drug-likeness (QED) is 0.193. The number of aliphatic imine (C=N–C) groups is 1. The summed E-state index contributed by atoms with van der Waals surface area (Å²) in [6, 6.07) is 2.12. The molecule has 0 saturated heterocycles. The fraction of sp³-hybridized carbons (Fsp3) is 0.722. The van der Waals surface area contributed by atoms with Crippen molar-refractivity contribution in [3.8, 4) is 6.07 Å². The van der Waals surface area contributed by atoms with Crippen LogP contribution in [-0.4, -0.2) is 44.5 Å². The van der Waals surface area contributed by atoms with E-state index in [0.29, 0.717) is 41.2 Å². The van der Waals surface area contributed by atoms with E-state index in [2.05, 4.69) is 85.3 Å². The van der Waals surface area contributed by atoms with Gasteiger partial charge in [-0.3, -0.25) is 4.79 Å². The molecule has 9 heteroatoms. The molecule has 2 aromatic heterocycles. The van der Waals surface area contributed by atoms with E-state index in [9.17, 15) is 10.1 Å². The number of hydrogen-bond acceptors (Lipinski definition) is 8. The highest BCUT2D eigenvalue weighted by Gasteiger charge is 2.34. The Morgan fingerprint density at radius 1 is 0.956 bits per heavy atom. The van der Waals surface area contributed by atoms with E-state index in [1.54, 1.807) is 18.3 Å². The van der Waals surface area contributed by atoms with Crippen molar-refractivity contribution in [2.75, 3.05) is 18.0 Å². The Bertz CT molecular complexity index is 1390. The lowest BCUT2D eigenvalue weighted by Crippen LogP contribution is -2.34. The van der Waals surface area contributed by atoms with Gasteiger partial charge >= 0.3 is 0 Å². The second kappa shape index (κ2) is 15.6. The van der Waals surface area contributed by atoms with Crippen LogP contribution in [-0.2, 0) is 11.8 Å². The maximum Gasteiger partial charge on any atom is 0.291 e. The van der Waals surface area contributed by atoms with Crippen LogP contribution in [0.2, 0.25) is 0 Å². The zero-order valence-electron chi connectivity index (χ0n) is 29.9. The predicted molar refractivity (Wildman–Crippen MR) is 188 cm³/mol. The fourth-order valence-electron chi connectivity index (χ4n) is 5.81. The van der Waals surface area contributed by atoms with Gasteiger partial charge in [-0.15, -0.1) is 5.10 Å². The van der Waals surface area contributed by atoms with E-state index >= 15 is 0 Å². The molecule has 1 aliphatic heterocycles. The minimum Gasteiger partial charge on any atom is -0.347 e. The number of anilines is 1. The van der Waals surface area contributed by atoms with E-state index in [0.717, 1.165) is 41.8 Å². The van der Waals surface area contributed by atoms with Gasteiger partial charge in [0, 0.05) is 30.5 Å². The number of allylic oxidation sites excluding steroid dienone is 2. The maximum absolute atomic E-state index is 13.3. The van der Waals surface area contributed by atoms with Crippen LogP contribution in [0.1, 0.15) is 150 Å². The molecule has 0 amide bonds. The van der Waals surface area contributed by atoms with E-state index in [-0.39, 0.29) is 16.4 Å². The first-order chi connectivity index (χ1) is 21.2. The molecule has 45 heavy (non-hydrogen) atoms. The molecule has 248 valence electrons. The van der Waals surface area contributed by atoms with Gasteiger partial charge in [0.2, 0.25) is 0 Å². The smallest absolute Gasteiger partial charge is 0.291 e. The van der Waals surface area contributed by atoms with Crippen LogP contribution in [0.15, 0.2) is 16.1 Å². The summed E-state index contributed by atoms with van der Waals surface area (Å²) in [4.78, 5) is 31.1. The Morgan fingerprint density at radius 3 is 2.00 bits per heavy atom. The Morgan fingerprint density at radius 2 is 1.53 bits per heavy atom. The van der Waals surface area contributed by atoms with Crippen molar-refractivity contribution >= 4 is 33.1 Å². The molecule has 0 aromatic carbocycles. The van der Waals surface area contributed by atoms with Crippen LogP contribution < -0.4 is 4.90 Å². The lowest BCUT2D eigenvalue weighted by molar-refractivity contribution is 0.0941. The number of carbonyl (C=O) groups is 1. The largest absolute Gasteiger partial charge is 0.347 e. The number of hydrogen-bond donors (Lipinski definition) is 0. The van der Waals surface area contributed by atoms with Crippen LogP contribution in [0, 0.1) is 28.6 Å². The first-order valence-electron chi connectivity index (χ1n) is 17.1. The van der Waals surface area contributed by atoms with E-state index in [1.165, 1.54) is 43.2 Å². The molecule has 0 N–H and O–H groups in total. The normalized spacial score (nSPS) is 16.2. The summed E-state index contributed by atoms with van der Waals surface area (Å²) < 4.78 is 1.27. The number of unbranched alkanes of at least 4 members (excludes halogenated alkanes) is 2. The van der Waals surface area contributed by atoms with Crippen LogP contribution in [0.25, 0.3) is 0 Å². The van der Waals surface area contributed by atoms with Crippen molar-refractivity contribution < 1.29 is 4.79 Å². The molecule has 3 heterocycles. The number of nitriles is 1. The molecule has 1 aliphatic rings. The van der Waals surface area contributed by atoms with Crippen molar-refractivity contribution in [3.63, 3.8) is 0 Å². The molecule has 3 rings (SSSR count). The molecule has 0 bridgehead atoms. The minimum absolute atomic E-state index is 0.0561. The molecule has 0 saturated carbocycles. The van der Waals surface area contributed by atoms with Gasteiger partial charge in [0.05, 0.1) is 5.69 Å². The zero-order valence-corrected chi connectivity index (χ0v) is 30.7. The molecule has 2 atom stereocenters. The highest BCUT2D eigenvalue weighted by Crippen LogP contribution is 2.42. The summed E-state index contributed by atoms with van der Waals surface area (Å²) in [5.74, 6) is 1.75. The number of aromatic nitrogens is 4. The standard InChI is InChI=1S/C36H57N7OS/c1-12-16-18-25(14-3)22-42(23-26(15-4)19-17-13-2)34-40-30(36(9,10)11)32(45-34)39-29-24(5)27(21-37)33(44)43-31(29)38-28(41-43)20-35(6,7)8/h25-26H,12-20,22-23H2,1-11H3/b39-29-. The van der Waals surface area contributed by atoms with Gasteiger partial charge in [0.1, 0.15) is 22.4 Å². The van der Waals surface area contributed by atoms with Gasteiger partial charge < -0.3 is 4.90 Å². The highest BCUT2D eigenvalue weighted by molar-refractivity contribution is 7.19. The summed E-state index contributed by atoms with van der Waals surface area (Å²) in [7, 11) is 0. The molecular weight excluding hydrogens is 579 g/mol. The Kier molecular flexibility index (Phi) is 12.7. The summed E-state index contributed by atoms with van der Waals surface area (Å²) >= 11 is 1.62. The predicted octanol–water partition coefficient (Wildman–Crippen LogP) is 9.47. The number of fused-ring (bicyclic) bond motifs is 1. The summed E-state index contributed by atoms with van der Waals surface area (Å²) in [5, 5.41) is 16.3. The second-order valence-corrected chi connectivity index (χ2v) is 16.0. The first kappa shape index (κ1) is 36.6. The van der Waals surface area contributed by atoms with Crippen LogP contribution in [0.3, 0.4) is 0 Å². The highest BCUT2D eigenvalue weighted by atomic mass is 32.1. The van der Waals surface area contributed by atoms with Gasteiger partial charge in [0.25, 0.3) is 5.91 Å². The lowest BCUT2D eigenvalue weighted by atomic mass is 9.92. The summed E-state index contributed by atoms with van der Waals surface area (Å²) in [6.07, 6.45) is 10.3. The molecule has 0 spiro atoms. The topological polar surface area (TPSA) is 100 Å². The van der Waals surface area contributed by atoms with Crippen LogP contribution in [0.5, 0.6) is 0 Å². The molecule has 0 radical (unpaired) electrons. The fourth-order valence-corrected chi connectivity index (χ4v) is 6.98. The van der Waals surface area contributed by atoms with E-state index in [4.69, 9.17) is 15.0 Å².